The molecule has 0 bridgehead atoms. The smallest absolute Gasteiger partial charge is 0.0656 e. The van der Waals surface area contributed by atoms with E-state index in [0.29, 0.717) is 0 Å². The summed E-state index contributed by atoms with van der Waals surface area (Å²) in [6, 6.07) is 4.28. The Morgan fingerprint density at radius 3 is 2.76 bits per heavy atom. The standard InChI is InChI=1S/C16H23N5/c1-6-17-21(7-1)11-13-4-8-20(9-5-13)12-15-10-16(19-18-15)14-2-3-14/h1,6-7,10,13-14H,2-5,8-9,11-12H2,(H,18,19). The van der Waals surface area contributed by atoms with Gasteiger partial charge in [-0.05, 0) is 56.8 Å². The van der Waals surface area contributed by atoms with Gasteiger partial charge in [-0.1, -0.05) is 0 Å². The number of hydrogen-bond donors (Lipinski definition) is 1. The first-order valence-electron chi connectivity index (χ1n) is 8.11. The molecule has 2 aliphatic rings. The molecule has 1 N–H and O–H groups in total. The maximum absolute atomic E-state index is 4.45. The number of aromatic nitrogens is 4. The van der Waals surface area contributed by atoms with Crippen molar-refractivity contribution in [2.24, 2.45) is 5.92 Å². The van der Waals surface area contributed by atoms with Crippen LogP contribution in [0.3, 0.4) is 0 Å². The van der Waals surface area contributed by atoms with Gasteiger partial charge in [0.25, 0.3) is 0 Å². The molecule has 21 heavy (non-hydrogen) atoms. The lowest BCUT2D eigenvalue weighted by Gasteiger charge is -2.31. The van der Waals surface area contributed by atoms with Gasteiger partial charge in [0, 0.05) is 37.1 Å². The molecule has 0 spiro atoms. The SMILES string of the molecule is c1cnn(CC2CCN(Cc3cc(C4CC4)n[nH]3)CC2)c1. The van der Waals surface area contributed by atoms with Gasteiger partial charge in [-0.2, -0.15) is 10.2 Å². The maximum Gasteiger partial charge on any atom is 0.0656 e. The maximum atomic E-state index is 4.45. The van der Waals surface area contributed by atoms with E-state index in [9.17, 15) is 0 Å². The average Bonchev–Trinajstić information content (AvgIpc) is 3.03. The van der Waals surface area contributed by atoms with Gasteiger partial charge < -0.3 is 0 Å². The van der Waals surface area contributed by atoms with Crippen molar-refractivity contribution < 1.29 is 0 Å². The average molecular weight is 285 g/mol. The van der Waals surface area contributed by atoms with Gasteiger partial charge in [0.05, 0.1) is 5.69 Å². The molecule has 0 aromatic carbocycles. The van der Waals surface area contributed by atoms with Crippen LogP contribution in [-0.4, -0.2) is 38.0 Å². The largest absolute Gasteiger partial charge is 0.298 e. The second kappa shape index (κ2) is 5.64. The van der Waals surface area contributed by atoms with Crippen LogP contribution in [0, 0.1) is 5.92 Å². The molecule has 0 unspecified atom stereocenters. The Hall–Kier alpha value is -1.62. The molecule has 112 valence electrons. The molecule has 2 aromatic rings. The lowest BCUT2D eigenvalue weighted by atomic mass is 9.97. The molecule has 4 rings (SSSR count). The van der Waals surface area contributed by atoms with E-state index in [2.05, 4.69) is 37.1 Å². The molecule has 2 aromatic heterocycles. The number of nitrogens with zero attached hydrogens (tertiary/aromatic N) is 4. The van der Waals surface area contributed by atoms with Crippen molar-refractivity contribution in [2.75, 3.05) is 13.1 Å². The summed E-state index contributed by atoms with van der Waals surface area (Å²) in [6.45, 7) is 4.46. The van der Waals surface area contributed by atoms with Crippen LogP contribution in [0.4, 0.5) is 0 Å². The zero-order valence-corrected chi connectivity index (χ0v) is 12.4. The van der Waals surface area contributed by atoms with Crippen LogP contribution in [0.15, 0.2) is 24.5 Å². The highest BCUT2D eigenvalue weighted by atomic mass is 15.3. The van der Waals surface area contributed by atoms with Crippen molar-refractivity contribution in [3.05, 3.63) is 35.9 Å². The predicted molar refractivity (Wildman–Crippen MR) is 80.8 cm³/mol. The number of nitrogens with one attached hydrogen (secondary N) is 1. The molecule has 5 heteroatoms. The number of likely N-dealkylation sites (tertiary alicyclic amines) is 1. The van der Waals surface area contributed by atoms with Crippen molar-refractivity contribution in [3.63, 3.8) is 0 Å². The van der Waals surface area contributed by atoms with Crippen molar-refractivity contribution in [2.45, 2.75) is 44.7 Å². The normalized spacial score (nSPS) is 21.0. The van der Waals surface area contributed by atoms with Gasteiger partial charge in [-0.3, -0.25) is 14.7 Å². The Balaban J connectivity index is 1.26. The summed E-state index contributed by atoms with van der Waals surface area (Å²) in [5.41, 5.74) is 2.56. The summed E-state index contributed by atoms with van der Waals surface area (Å²) in [5.74, 6) is 1.51. The summed E-state index contributed by atoms with van der Waals surface area (Å²) in [7, 11) is 0. The number of aromatic amines is 1. The van der Waals surface area contributed by atoms with Crippen molar-refractivity contribution >= 4 is 0 Å². The quantitative estimate of drug-likeness (QED) is 0.917. The van der Waals surface area contributed by atoms with E-state index < -0.39 is 0 Å². The molecule has 1 saturated carbocycles. The topological polar surface area (TPSA) is 49.7 Å². The number of rotatable bonds is 5. The monoisotopic (exact) mass is 285 g/mol. The highest BCUT2D eigenvalue weighted by Crippen LogP contribution is 2.39. The van der Waals surface area contributed by atoms with E-state index in [1.54, 1.807) is 0 Å². The van der Waals surface area contributed by atoms with E-state index in [1.165, 1.54) is 50.2 Å². The minimum Gasteiger partial charge on any atom is -0.298 e. The lowest BCUT2D eigenvalue weighted by molar-refractivity contribution is 0.163. The molecule has 3 heterocycles. The van der Waals surface area contributed by atoms with Gasteiger partial charge in [-0.15, -0.1) is 0 Å². The van der Waals surface area contributed by atoms with Crippen LogP contribution in [0.25, 0.3) is 0 Å². The highest BCUT2D eigenvalue weighted by Gasteiger charge is 2.26. The van der Waals surface area contributed by atoms with Crippen LogP contribution >= 0.6 is 0 Å². The van der Waals surface area contributed by atoms with Gasteiger partial charge in [0.15, 0.2) is 0 Å². The molecule has 0 radical (unpaired) electrons. The van der Waals surface area contributed by atoms with E-state index in [0.717, 1.165) is 24.9 Å². The van der Waals surface area contributed by atoms with Crippen LogP contribution in [0.5, 0.6) is 0 Å². The van der Waals surface area contributed by atoms with Crippen LogP contribution in [0.2, 0.25) is 0 Å². The Morgan fingerprint density at radius 2 is 2.05 bits per heavy atom. The molecular formula is C16H23N5. The van der Waals surface area contributed by atoms with Crippen LogP contribution in [-0.2, 0) is 13.1 Å². The zero-order chi connectivity index (χ0) is 14.1. The first-order valence-corrected chi connectivity index (χ1v) is 8.11. The number of H-pyrrole nitrogens is 1. The molecule has 5 nitrogen and oxygen atoms in total. The number of piperidine rings is 1. The van der Waals surface area contributed by atoms with Gasteiger partial charge >= 0.3 is 0 Å². The summed E-state index contributed by atoms with van der Waals surface area (Å²) >= 11 is 0. The molecule has 0 amide bonds. The molecular weight excluding hydrogens is 262 g/mol. The first kappa shape index (κ1) is 13.1. The zero-order valence-electron chi connectivity index (χ0n) is 12.4. The van der Waals surface area contributed by atoms with Crippen LogP contribution < -0.4 is 0 Å². The predicted octanol–water partition coefficient (Wildman–Crippen LogP) is 2.40. The second-order valence-corrected chi connectivity index (χ2v) is 6.54. The third-order valence-electron chi connectivity index (χ3n) is 4.75. The fourth-order valence-corrected chi connectivity index (χ4v) is 3.29. The summed E-state index contributed by atoms with van der Waals surface area (Å²) in [6.07, 6.45) is 9.11. The van der Waals surface area contributed by atoms with E-state index in [1.807, 2.05) is 12.3 Å². The number of hydrogen-bond acceptors (Lipinski definition) is 3. The van der Waals surface area contributed by atoms with Gasteiger partial charge in [-0.25, -0.2) is 0 Å². The third kappa shape index (κ3) is 3.18. The van der Waals surface area contributed by atoms with Crippen molar-refractivity contribution in [1.29, 1.82) is 0 Å². The Kier molecular flexibility index (Phi) is 3.51. The minimum absolute atomic E-state index is 0.745. The van der Waals surface area contributed by atoms with Gasteiger partial charge in [0.1, 0.15) is 0 Å². The highest BCUT2D eigenvalue weighted by molar-refractivity contribution is 5.17. The van der Waals surface area contributed by atoms with Gasteiger partial charge in [0.2, 0.25) is 0 Å². The fourth-order valence-electron chi connectivity index (χ4n) is 3.29. The van der Waals surface area contributed by atoms with E-state index in [4.69, 9.17) is 0 Å². The van der Waals surface area contributed by atoms with E-state index >= 15 is 0 Å². The Bertz CT molecular complexity index is 561. The molecule has 1 aliphatic carbocycles. The fraction of sp³-hybridized carbons (Fsp3) is 0.625. The van der Waals surface area contributed by atoms with E-state index in [-0.39, 0.29) is 0 Å². The summed E-state index contributed by atoms with van der Waals surface area (Å²) < 4.78 is 2.07. The van der Waals surface area contributed by atoms with Crippen molar-refractivity contribution in [3.8, 4) is 0 Å². The first-order chi connectivity index (χ1) is 10.4. The molecule has 0 atom stereocenters. The van der Waals surface area contributed by atoms with Crippen LogP contribution in [0.1, 0.15) is 43.0 Å². The Morgan fingerprint density at radius 1 is 1.19 bits per heavy atom. The molecule has 1 saturated heterocycles. The third-order valence-corrected chi connectivity index (χ3v) is 4.75. The molecule has 2 fully saturated rings. The Labute approximate surface area is 125 Å². The second-order valence-electron chi connectivity index (χ2n) is 6.54. The summed E-state index contributed by atoms with van der Waals surface area (Å²) in [5, 5.41) is 12.0. The summed E-state index contributed by atoms with van der Waals surface area (Å²) in [4.78, 5) is 2.55. The lowest BCUT2D eigenvalue weighted by Crippen LogP contribution is -2.34. The molecule has 1 aliphatic heterocycles. The minimum atomic E-state index is 0.745. The van der Waals surface area contributed by atoms with Crippen molar-refractivity contribution in [1.82, 2.24) is 24.9 Å².